The third kappa shape index (κ3) is 6.40. The van der Waals surface area contributed by atoms with E-state index in [0.29, 0.717) is 6.42 Å². The average molecular weight is 455 g/mol. The quantitative estimate of drug-likeness (QED) is 0.292. The summed E-state index contributed by atoms with van der Waals surface area (Å²) in [5, 5.41) is 14.2. The van der Waals surface area contributed by atoms with Crippen molar-refractivity contribution in [1.29, 1.82) is 0 Å². The van der Waals surface area contributed by atoms with E-state index in [1.165, 1.54) is 12.3 Å². The predicted octanol–water partition coefficient (Wildman–Crippen LogP) is 4.11. The highest BCUT2D eigenvalue weighted by Gasteiger charge is 2.28. The Morgan fingerprint density at radius 2 is 1.72 bits per heavy atom. The van der Waals surface area contributed by atoms with E-state index in [1.807, 2.05) is 54.6 Å². The first kappa shape index (κ1) is 23.5. The van der Waals surface area contributed by atoms with Gasteiger partial charge < -0.3 is 20.3 Å². The van der Waals surface area contributed by atoms with Gasteiger partial charge in [0, 0.05) is 12.4 Å². The van der Waals surface area contributed by atoms with Crippen LogP contribution < -0.4 is 10.4 Å². The Morgan fingerprint density at radius 3 is 2.31 bits per heavy atom. The molecule has 0 saturated heterocycles. The van der Waals surface area contributed by atoms with Crippen LogP contribution in [0.3, 0.4) is 0 Å². The molecule has 1 unspecified atom stereocenters. The molecule has 0 aliphatic carbocycles. The molecule has 0 spiro atoms. The van der Waals surface area contributed by atoms with Crippen LogP contribution in [0.5, 0.6) is 0 Å². The number of benzene rings is 2. The van der Waals surface area contributed by atoms with E-state index in [1.54, 1.807) is 6.92 Å². The maximum absolute atomic E-state index is 12.9. The van der Waals surface area contributed by atoms with Crippen molar-refractivity contribution in [3.05, 3.63) is 78.1 Å². The molecule has 2 atom stereocenters. The number of anilines is 1. The molecule has 8 nitrogen and oxygen atoms in total. The van der Waals surface area contributed by atoms with Gasteiger partial charge in [-0.3, -0.25) is 9.36 Å². The topological polar surface area (TPSA) is 132 Å². The lowest BCUT2D eigenvalue weighted by Crippen LogP contribution is -2.40. The molecule has 0 aliphatic heterocycles. The SMILES string of the molecule is CCCP(=O)(O)N[C@@H](Cc1ccc(-c2ccccc2)cc1)C(=O)Nc1c[nH]c(C(=O)O)c1. The summed E-state index contributed by atoms with van der Waals surface area (Å²) in [6, 6.07) is 17.8. The van der Waals surface area contributed by atoms with Gasteiger partial charge in [0.15, 0.2) is 0 Å². The summed E-state index contributed by atoms with van der Waals surface area (Å²) >= 11 is 0. The zero-order chi connectivity index (χ0) is 23.1. The zero-order valence-corrected chi connectivity index (χ0v) is 18.5. The van der Waals surface area contributed by atoms with E-state index >= 15 is 0 Å². The molecule has 3 aromatic rings. The zero-order valence-electron chi connectivity index (χ0n) is 17.6. The lowest BCUT2D eigenvalue weighted by molar-refractivity contribution is -0.117. The van der Waals surface area contributed by atoms with Crippen LogP contribution in [-0.4, -0.2) is 39.1 Å². The molecule has 0 fully saturated rings. The summed E-state index contributed by atoms with van der Waals surface area (Å²) in [6.45, 7) is 1.79. The van der Waals surface area contributed by atoms with Crippen molar-refractivity contribution in [3.63, 3.8) is 0 Å². The molecule has 1 aromatic heterocycles. The maximum Gasteiger partial charge on any atom is 0.352 e. The molecular weight excluding hydrogens is 429 g/mol. The standard InChI is InChI=1S/C23H26N3O5P/c1-2-12-32(30,31)26-20(22(27)25-19-14-21(23(28)29)24-15-19)13-16-8-10-18(11-9-16)17-6-4-3-5-7-17/h3-11,14-15,20,24H,2,12-13H2,1H3,(H,25,27)(H,28,29)(H2,26,30,31)/t20-/m0/s1. The van der Waals surface area contributed by atoms with Gasteiger partial charge in [-0.1, -0.05) is 61.5 Å². The molecule has 0 aliphatic rings. The number of nitrogens with one attached hydrogen (secondary N) is 3. The molecular formula is C23H26N3O5P. The van der Waals surface area contributed by atoms with Gasteiger partial charge in [-0.05, 0) is 35.6 Å². The van der Waals surface area contributed by atoms with Crippen molar-refractivity contribution in [2.75, 3.05) is 11.5 Å². The number of amides is 1. The summed E-state index contributed by atoms with van der Waals surface area (Å²) in [4.78, 5) is 36.7. The van der Waals surface area contributed by atoms with E-state index < -0.39 is 25.4 Å². The lowest BCUT2D eigenvalue weighted by atomic mass is 10.0. The fraction of sp³-hybridized carbons (Fsp3) is 0.217. The lowest BCUT2D eigenvalue weighted by Gasteiger charge is -2.22. The van der Waals surface area contributed by atoms with Gasteiger partial charge in [-0.2, -0.15) is 0 Å². The second-order valence-electron chi connectivity index (χ2n) is 7.47. The van der Waals surface area contributed by atoms with Gasteiger partial charge in [0.1, 0.15) is 5.69 Å². The van der Waals surface area contributed by atoms with Crippen LogP contribution in [0.15, 0.2) is 66.9 Å². The van der Waals surface area contributed by atoms with Crippen molar-refractivity contribution in [2.24, 2.45) is 0 Å². The Bertz CT molecular complexity index is 1110. The Morgan fingerprint density at radius 1 is 1.06 bits per heavy atom. The predicted molar refractivity (Wildman–Crippen MR) is 124 cm³/mol. The molecule has 5 N–H and O–H groups in total. The molecule has 0 saturated carbocycles. The summed E-state index contributed by atoms with van der Waals surface area (Å²) in [5.74, 6) is -1.68. The number of aromatic amines is 1. The van der Waals surface area contributed by atoms with E-state index in [-0.39, 0.29) is 24.0 Å². The summed E-state index contributed by atoms with van der Waals surface area (Å²) < 4.78 is 12.5. The van der Waals surface area contributed by atoms with Gasteiger partial charge >= 0.3 is 5.97 Å². The number of carboxylic acid groups (broad SMARTS) is 1. The molecule has 1 heterocycles. The Balaban J connectivity index is 1.78. The third-order valence-electron chi connectivity index (χ3n) is 4.88. The Hall–Kier alpha value is -3.19. The van der Waals surface area contributed by atoms with E-state index in [2.05, 4.69) is 15.4 Å². The van der Waals surface area contributed by atoms with Crippen molar-refractivity contribution in [3.8, 4) is 11.1 Å². The monoisotopic (exact) mass is 455 g/mol. The molecule has 168 valence electrons. The summed E-state index contributed by atoms with van der Waals surface area (Å²) in [5.41, 5.74) is 3.10. The fourth-order valence-electron chi connectivity index (χ4n) is 3.33. The second-order valence-corrected chi connectivity index (χ2v) is 9.58. The molecule has 32 heavy (non-hydrogen) atoms. The van der Waals surface area contributed by atoms with Crippen LogP contribution in [0.25, 0.3) is 11.1 Å². The number of carboxylic acids is 1. The number of rotatable bonds is 10. The van der Waals surface area contributed by atoms with Gasteiger partial charge in [0.25, 0.3) is 7.52 Å². The van der Waals surface area contributed by atoms with Crippen LogP contribution in [-0.2, 0) is 15.8 Å². The number of carbonyl (C=O) groups is 2. The highest BCUT2D eigenvalue weighted by Crippen LogP contribution is 2.37. The number of H-pyrrole nitrogens is 1. The summed E-state index contributed by atoms with van der Waals surface area (Å²) in [6.07, 6.45) is 2.07. The van der Waals surface area contributed by atoms with Crippen LogP contribution in [0, 0.1) is 0 Å². The molecule has 0 radical (unpaired) electrons. The number of carbonyl (C=O) groups excluding carboxylic acids is 1. The Labute approximate surface area is 186 Å². The van der Waals surface area contributed by atoms with Crippen molar-refractivity contribution in [1.82, 2.24) is 10.1 Å². The van der Waals surface area contributed by atoms with Crippen molar-refractivity contribution < 1.29 is 24.2 Å². The maximum atomic E-state index is 12.9. The first-order valence-electron chi connectivity index (χ1n) is 10.2. The molecule has 9 heteroatoms. The van der Waals surface area contributed by atoms with Gasteiger partial charge in [0.2, 0.25) is 5.91 Å². The van der Waals surface area contributed by atoms with Gasteiger partial charge in [0.05, 0.1) is 11.7 Å². The van der Waals surface area contributed by atoms with E-state index in [4.69, 9.17) is 5.11 Å². The first-order chi connectivity index (χ1) is 15.3. The van der Waals surface area contributed by atoms with E-state index in [9.17, 15) is 19.0 Å². The van der Waals surface area contributed by atoms with Crippen molar-refractivity contribution >= 4 is 25.1 Å². The van der Waals surface area contributed by atoms with Crippen molar-refractivity contribution in [2.45, 2.75) is 25.8 Å². The molecule has 2 aromatic carbocycles. The number of hydrogen-bond donors (Lipinski definition) is 5. The molecule has 1 amide bonds. The van der Waals surface area contributed by atoms with Crippen LogP contribution in [0.1, 0.15) is 29.4 Å². The molecule has 0 bridgehead atoms. The number of aromatic nitrogens is 1. The summed E-state index contributed by atoms with van der Waals surface area (Å²) in [7, 11) is -3.72. The average Bonchev–Trinajstić information content (AvgIpc) is 3.23. The highest BCUT2D eigenvalue weighted by molar-refractivity contribution is 7.55. The highest BCUT2D eigenvalue weighted by atomic mass is 31.2. The normalized spacial score (nSPS) is 13.8. The Kier molecular flexibility index (Phi) is 7.64. The fourth-order valence-corrected chi connectivity index (χ4v) is 4.76. The molecule has 3 rings (SSSR count). The van der Waals surface area contributed by atoms with Gasteiger partial charge in [-0.15, -0.1) is 0 Å². The minimum atomic E-state index is -3.72. The van der Waals surface area contributed by atoms with Crippen LogP contribution >= 0.6 is 7.52 Å². The largest absolute Gasteiger partial charge is 0.477 e. The van der Waals surface area contributed by atoms with E-state index in [0.717, 1.165) is 16.7 Å². The second kappa shape index (κ2) is 10.4. The minimum absolute atomic E-state index is 0.0387. The third-order valence-corrected chi connectivity index (χ3v) is 6.65. The van der Waals surface area contributed by atoms with Crippen LogP contribution in [0.4, 0.5) is 5.69 Å². The number of hydrogen-bond acceptors (Lipinski definition) is 3. The smallest absolute Gasteiger partial charge is 0.352 e. The minimum Gasteiger partial charge on any atom is -0.477 e. The first-order valence-corrected chi connectivity index (χ1v) is 12.1. The van der Waals surface area contributed by atoms with Gasteiger partial charge in [-0.25, -0.2) is 9.88 Å². The van der Waals surface area contributed by atoms with Crippen LogP contribution in [0.2, 0.25) is 0 Å². The number of aromatic carboxylic acids is 1.